The van der Waals surface area contributed by atoms with Gasteiger partial charge >= 0.3 is 6.03 Å². The summed E-state index contributed by atoms with van der Waals surface area (Å²) >= 11 is 0. The second-order valence-electron chi connectivity index (χ2n) is 4.76. The van der Waals surface area contributed by atoms with Crippen LogP contribution in [-0.2, 0) is 0 Å². The Bertz CT molecular complexity index is 569. The van der Waals surface area contributed by atoms with Crippen LogP contribution in [0.3, 0.4) is 0 Å². The fourth-order valence-corrected chi connectivity index (χ4v) is 2.03. The van der Waals surface area contributed by atoms with Crippen molar-refractivity contribution >= 4 is 11.9 Å². The first-order valence-electron chi connectivity index (χ1n) is 6.85. The predicted octanol–water partition coefficient (Wildman–Crippen LogP) is 2.62. The summed E-state index contributed by atoms with van der Waals surface area (Å²) in [6.07, 6.45) is 1.27. The number of hydrogen-bond acceptors (Lipinski definition) is 4. The van der Waals surface area contributed by atoms with Crippen LogP contribution >= 0.6 is 0 Å². The minimum Gasteiger partial charge on any atom is -0.396 e. The normalized spacial score (nSPS) is 11.9. The molecule has 2 rings (SSSR count). The maximum atomic E-state index is 12.0. The number of aliphatic hydroxyl groups is 1. The van der Waals surface area contributed by atoms with E-state index in [1.54, 1.807) is 13.0 Å². The molecule has 21 heavy (non-hydrogen) atoms. The van der Waals surface area contributed by atoms with Gasteiger partial charge in [0.05, 0.1) is 11.7 Å². The van der Waals surface area contributed by atoms with Crippen LogP contribution in [0.1, 0.15) is 30.1 Å². The summed E-state index contributed by atoms with van der Waals surface area (Å²) in [5.41, 5.74) is 1.69. The van der Waals surface area contributed by atoms with Crippen molar-refractivity contribution in [1.29, 1.82) is 0 Å². The van der Waals surface area contributed by atoms with Crippen molar-refractivity contribution in [2.75, 3.05) is 11.9 Å². The van der Waals surface area contributed by atoms with E-state index >= 15 is 0 Å². The molecule has 2 amide bonds. The molecule has 0 saturated carbocycles. The molecule has 3 N–H and O–H groups in total. The van der Waals surface area contributed by atoms with Crippen LogP contribution in [0.5, 0.6) is 0 Å². The molecule has 2 aromatic rings. The first-order chi connectivity index (χ1) is 10.2. The van der Waals surface area contributed by atoms with Gasteiger partial charge in [-0.25, -0.2) is 4.79 Å². The quantitative estimate of drug-likeness (QED) is 0.763. The summed E-state index contributed by atoms with van der Waals surface area (Å²) < 4.78 is 4.94. The monoisotopic (exact) mass is 289 g/mol. The molecule has 1 atom stereocenters. The van der Waals surface area contributed by atoms with E-state index in [0.717, 1.165) is 5.56 Å². The lowest BCUT2D eigenvalue weighted by Gasteiger charge is -2.18. The van der Waals surface area contributed by atoms with Crippen molar-refractivity contribution in [2.45, 2.75) is 25.8 Å². The highest BCUT2D eigenvalue weighted by atomic mass is 16.5. The Kier molecular flexibility index (Phi) is 5.34. The molecule has 0 saturated heterocycles. The number of carbonyl (C=O) groups is 1. The van der Waals surface area contributed by atoms with E-state index in [2.05, 4.69) is 15.8 Å². The van der Waals surface area contributed by atoms with E-state index in [9.17, 15) is 4.79 Å². The van der Waals surface area contributed by atoms with Gasteiger partial charge in [-0.3, -0.25) is 5.32 Å². The molecule has 0 aliphatic carbocycles. The summed E-state index contributed by atoms with van der Waals surface area (Å²) in [6, 6.07) is 10.8. The van der Waals surface area contributed by atoms with Crippen molar-refractivity contribution in [1.82, 2.24) is 10.5 Å². The summed E-state index contributed by atoms with van der Waals surface area (Å²) in [5, 5.41) is 18.2. The van der Waals surface area contributed by atoms with Gasteiger partial charge in [0, 0.05) is 12.7 Å². The molecule has 0 aliphatic rings. The van der Waals surface area contributed by atoms with Crippen molar-refractivity contribution in [3.05, 3.63) is 47.7 Å². The molecule has 6 heteroatoms. The predicted molar refractivity (Wildman–Crippen MR) is 78.9 cm³/mol. The van der Waals surface area contributed by atoms with E-state index < -0.39 is 0 Å². The number of carbonyl (C=O) groups excluding carboxylic acids is 1. The van der Waals surface area contributed by atoms with Crippen LogP contribution in [0.2, 0.25) is 0 Å². The lowest BCUT2D eigenvalue weighted by atomic mass is 10.0. The highest BCUT2D eigenvalue weighted by Crippen LogP contribution is 2.18. The third kappa shape index (κ3) is 4.61. The largest absolute Gasteiger partial charge is 0.396 e. The minimum atomic E-state index is -0.363. The molecule has 0 aliphatic heterocycles. The Morgan fingerprint density at radius 1 is 1.38 bits per heavy atom. The van der Waals surface area contributed by atoms with Gasteiger partial charge in [0.15, 0.2) is 0 Å². The van der Waals surface area contributed by atoms with Crippen LogP contribution in [0.15, 0.2) is 40.9 Å². The van der Waals surface area contributed by atoms with Gasteiger partial charge in [0.2, 0.25) is 5.88 Å². The molecule has 0 fully saturated rings. The van der Waals surface area contributed by atoms with E-state index in [4.69, 9.17) is 9.63 Å². The van der Waals surface area contributed by atoms with Gasteiger partial charge in [0.25, 0.3) is 0 Å². The van der Waals surface area contributed by atoms with Crippen LogP contribution in [0.25, 0.3) is 0 Å². The number of nitrogens with one attached hydrogen (secondary N) is 2. The number of aliphatic hydroxyl groups excluding tert-OH is 1. The zero-order chi connectivity index (χ0) is 15.1. The number of anilines is 1. The molecule has 0 bridgehead atoms. The minimum absolute atomic E-state index is 0.0912. The maximum absolute atomic E-state index is 12.0. The van der Waals surface area contributed by atoms with Crippen molar-refractivity contribution in [2.24, 2.45) is 0 Å². The molecular formula is C15H19N3O3. The molecule has 1 heterocycles. The van der Waals surface area contributed by atoms with E-state index in [0.29, 0.717) is 24.4 Å². The molecule has 0 unspecified atom stereocenters. The average Bonchev–Trinajstić information content (AvgIpc) is 2.89. The van der Waals surface area contributed by atoms with Crippen LogP contribution in [0, 0.1) is 6.92 Å². The van der Waals surface area contributed by atoms with E-state index in [1.807, 2.05) is 30.3 Å². The molecule has 1 aromatic heterocycles. The van der Waals surface area contributed by atoms with Gasteiger partial charge in [0.1, 0.15) is 0 Å². The zero-order valence-corrected chi connectivity index (χ0v) is 11.9. The van der Waals surface area contributed by atoms with Gasteiger partial charge in [-0.2, -0.15) is 0 Å². The van der Waals surface area contributed by atoms with Crippen LogP contribution < -0.4 is 10.6 Å². The van der Waals surface area contributed by atoms with E-state index in [-0.39, 0.29) is 18.7 Å². The molecular weight excluding hydrogens is 270 g/mol. The lowest BCUT2D eigenvalue weighted by Crippen LogP contribution is -2.32. The molecule has 0 radical (unpaired) electrons. The van der Waals surface area contributed by atoms with Gasteiger partial charge in [-0.15, -0.1) is 0 Å². The standard InChI is InChI=1S/C15H19N3O3/c1-11-10-14(21-18-11)17-15(20)16-13(8-5-9-19)12-6-3-2-4-7-12/h2-4,6-7,10,13,19H,5,8-9H2,1H3,(H2,16,17,20)/t13-/m1/s1. The third-order valence-corrected chi connectivity index (χ3v) is 3.02. The third-order valence-electron chi connectivity index (χ3n) is 3.02. The molecule has 112 valence electrons. The van der Waals surface area contributed by atoms with Gasteiger partial charge in [-0.1, -0.05) is 35.5 Å². The topological polar surface area (TPSA) is 87.4 Å². The summed E-state index contributed by atoms with van der Waals surface area (Å²) in [5.74, 6) is 0.305. The average molecular weight is 289 g/mol. The van der Waals surface area contributed by atoms with Crippen LogP contribution in [0.4, 0.5) is 10.7 Å². The fraction of sp³-hybridized carbons (Fsp3) is 0.333. The second-order valence-corrected chi connectivity index (χ2v) is 4.76. The fourth-order valence-electron chi connectivity index (χ4n) is 2.03. The first-order valence-corrected chi connectivity index (χ1v) is 6.85. The Hall–Kier alpha value is -2.34. The number of benzene rings is 1. The second kappa shape index (κ2) is 7.44. The molecule has 6 nitrogen and oxygen atoms in total. The SMILES string of the molecule is Cc1cc(NC(=O)N[C@H](CCCO)c2ccccc2)on1. The summed E-state index contributed by atoms with van der Waals surface area (Å²) in [6.45, 7) is 1.87. The number of amides is 2. The van der Waals surface area contributed by atoms with Crippen molar-refractivity contribution in [3.8, 4) is 0 Å². The Morgan fingerprint density at radius 2 is 2.14 bits per heavy atom. The smallest absolute Gasteiger partial charge is 0.322 e. The molecule has 1 aromatic carbocycles. The highest BCUT2D eigenvalue weighted by molar-refractivity contribution is 5.88. The number of aromatic nitrogens is 1. The maximum Gasteiger partial charge on any atom is 0.322 e. The zero-order valence-electron chi connectivity index (χ0n) is 11.9. The summed E-state index contributed by atoms with van der Waals surface area (Å²) in [7, 11) is 0. The Morgan fingerprint density at radius 3 is 2.76 bits per heavy atom. The van der Waals surface area contributed by atoms with Crippen LogP contribution in [-0.4, -0.2) is 22.9 Å². The Balaban J connectivity index is 1.99. The Labute approximate surface area is 123 Å². The number of hydrogen-bond donors (Lipinski definition) is 3. The summed E-state index contributed by atoms with van der Waals surface area (Å²) in [4.78, 5) is 12.0. The number of nitrogens with zero attached hydrogens (tertiary/aromatic N) is 1. The highest BCUT2D eigenvalue weighted by Gasteiger charge is 2.15. The number of rotatable bonds is 6. The van der Waals surface area contributed by atoms with Gasteiger partial charge < -0.3 is 14.9 Å². The number of urea groups is 1. The van der Waals surface area contributed by atoms with Crippen molar-refractivity contribution < 1.29 is 14.4 Å². The molecule has 0 spiro atoms. The van der Waals surface area contributed by atoms with E-state index in [1.165, 1.54) is 0 Å². The lowest BCUT2D eigenvalue weighted by molar-refractivity contribution is 0.243. The number of aryl methyl sites for hydroxylation is 1. The van der Waals surface area contributed by atoms with Crippen molar-refractivity contribution in [3.63, 3.8) is 0 Å². The van der Waals surface area contributed by atoms with Gasteiger partial charge in [-0.05, 0) is 25.3 Å². The first kappa shape index (κ1) is 15.1.